The van der Waals surface area contributed by atoms with E-state index in [0.29, 0.717) is 6.04 Å². The van der Waals surface area contributed by atoms with Crippen LogP contribution in [0, 0.1) is 5.92 Å². The number of hydrogen-bond donors (Lipinski definition) is 1. The summed E-state index contributed by atoms with van der Waals surface area (Å²) in [4.78, 5) is 0. The van der Waals surface area contributed by atoms with Crippen LogP contribution >= 0.6 is 0 Å². The molecule has 2 heteroatoms. The molecule has 1 N–H and O–H groups in total. The predicted molar refractivity (Wildman–Crippen MR) is 46.7 cm³/mol. The average molecular weight is 157 g/mol. The summed E-state index contributed by atoms with van der Waals surface area (Å²) in [5.74, 6) is 0.764. The first-order valence-corrected chi connectivity index (χ1v) is 4.69. The third kappa shape index (κ3) is 2.46. The van der Waals surface area contributed by atoms with Gasteiger partial charge in [-0.3, -0.25) is 0 Å². The molecule has 2 atom stereocenters. The topological polar surface area (TPSA) is 21.3 Å². The van der Waals surface area contributed by atoms with E-state index >= 15 is 0 Å². The highest BCUT2D eigenvalue weighted by atomic mass is 16.5. The summed E-state index contributed by atoms with van der Waals surface area (Å²) >= 11 is 0. The molecule has 0 spiro atoms. The summed E-state index contributed by atoms with van der Waals surface area (Å²) in [6.07, 6.45) is 2.47. The van der Waals surface area contributed by atoms with Crippen molar-refractivity contribution in [3.8, 4) is 0 Å². The summed E-state index contributed by atoms with van der Waals surface area (Å²) in [6, 6.07) is 0.683. The standard InChI is InChI=1S/C9H19NO/c1-3-9(10-4-2)8-5-6-11-7-8/h8-10H,3-7H2,1-2H3. The highest BCUT2D eigenvalue weighted by Gasteiger charge is 2.23. The molecule has 11 heavy (non-hydrogen) atoms. The van der Waals surface area contributed by atoms with Gasteiger partial charge in [-0.15, -0.1) is 0 Å². The van der Waals surface area contributed by atoms with E-state index in [1.54, 1.807) is 0 Å². The molecule has 0 amide bonds. The molecule has 2 unspecified atom stereocenters. The SMILES string of the molecule is CCNC(CC)C1CCOC1. The van der Waals surface area contributed by atoms with Gasteiger partial charge in [0, 0.05) is 12.6 Å². The quantitative estimate of drug-likeness (QED) is 0.666. The Kier molecular flexibility index (Phi) is 3.87. The van der Waals surface area contributed by atoms with E-state index in [-0.39, 0.29) is 0 Å². The zero-order valence-corrected chi connectivity index (χ0v) is 7.60. The van der Waals surface area contributed by atoms with Crippen LogP contribution in [0.5, 0.6) is 0 Å². The number of hydrogen-bond acceptors (Lipinski definition) is 2. The Hall–Kier alpha value is -0.0800. The third-order valence-electron chi connectivity index (χ3n) is 2.44. The van der Waals surface area contributed by atoms with Crippen LogP contribution < -0.4 is 5.32 Å². The van der Waals surface area contributed by atoms with Gasteiger partial charge < -0.3 is 10.1 Å². The minimum absolute atomic E-state index is 0.683. The second-order valence-corrected chi connectivity index (χ2v) is 3.20. The van der Waals surface area contributed by atoms with Gasteiger partial charge in [-0.2, -0.15) is 0 Å². The lowest BCUT2D eigenvalue weighted by Crippen LogP contribution is -2.35. The van der Waals surface area contributed by atoms with Gasteiger partial charge in [0.05, 0.1) is 6.61 Å². The molecule has 1 fully saturated rings. The van der Waals surface area contributed by atoms with Crippen LogP contribution in [0.3, 0.4) is 0 Å². The minimum atomic E-state index is 0.683. The third-order valence-corrected chi connectivity index (χ3v) is 2.44. The maximum atomic E-state index is 5.35. The molecule has 0 aromatic rings. The van der Waals surface area contributed by atoms with Crippen molar-refractivity contribution in [2.75, 3.05) is 19.8 Å². The normalized spacial score (nSPS) is 27.3. The molecular weight excluding hydrogens is 138 g/mol. The van der Waals surface area contributed by atoms with Crippen molar-refractivity contribution in [3.05, 3.63) is 0 Å². The molecule has 0 aromatic heterocycles. The highest BCUT2D eigenvalue weighted by molar-refractivity contribution is 4.77. The molecule has 1 aliphatic rings. The molecule has 66 valence electrons. The molecule has 0 aromatic carbocycles. The van der Waals surface area contributed by atoms with Crippen molar-refractivity contribution in [3.63, 3.8) is 0 Å². The van der Waals surface area contributed by atoms with Crippen LogP contribution in [0.2, 0.25) is 0 Å². The van der Waals surface area contributed by atoms with Crippen LogP contribution in [0.15, 0.2) is 0 Å². The van der Waals surface area contributed by atoms with Crippen LogP contribution in [-0.4, -0.2) is 25.8 Å². The first-order chi connectivity index (χ1) is 5.38. The minimum Gasteiger partial charge on any atom is -0.381 e. The monoisotopic (exact) mass is 157 g/mol. The summed E-state index contributed by atoms with van der Waals surface area (Å²) in [6.45, 7) is 7.41. The van der Waals surface area contributed by atoms with Crippen LogP contribution in [0.4, 0.5) is 0 Å². The number of rotatable bonds is 4. The summed E-state index contributed by atoms with van der Waals surface area (Å²) in [5.41, 5.74) is 0. The van der Waals surface area contributed by atoms with Crippen LogP contribution in [0.1, 0.15) is 26.7 Å². The molecule has 2 nitrogen and oxygen atoms in total. The first kappa shape index (κ1) is 9.01. The van der Waals surface area contributed by atoms with Gasteiger partial charge in [0.15, 0.2) is 0 Å². The van der Waals surface area contributed by atoms with Crippen LogP contribution in [-0.2, 0) is 4.74 Å². The molecule has 1 saturated heterocycles. The van der Waals surface area contributed by atoms with E-state index in [2.05, 4.69) is 19.2 Å². The molecule has 0 radical (unpaired) electrons. The predicted octanol–water partition coefficient (Wildman–Crippen LogP) is 1.41. The van der Waals surface area contributed by atoms with E-state index in [0.717, 1.165) is 25.7 Å². The molecule has 0 bridgehead atoms. The smallest absolute Gasteiger partial charge is 0.0509 e. The Morgan fingerprint density at radius 2 is 2.36 bits per heavy atom. The van der Waals surface area contributed by atoms with Gasteiger partial charge >= 0.3 is 0 Å². The second-order valence-electron chi connectivity index (χ2n) is 3.20. The highest BCUT2D eigenvalue weighted by Crippen LogP contribution is 2.18. The van der Waals surface area contributed by atoms with Gasteiger partial charge in [-0.1, -0.05) is 13.8 Å². The molecule has 1 heterocycles. The van der Waals surface area contributed by atoms with Crippen molar-refractivity contribution in [1.82, 2.24) is 5.32 Å². The molecule has 0 aliphatic carbocycles. The van der Waals surface area contributed by atoms with Gasteiger partial charge in [0.2, 0.25) is 0 Å². The van der Waals surface area contributed by atoms with E-state index < -0.39 is 0 Å². The van der Waals surface area contributed by atoms with Crippen molar-refractivity contribution < 1.29 is 4.74 Å². The largest absolute Gasteiger partial charge is 0.381 e. The van der Waals surface area contributed by atoms with Crippen molar-refractivity contribution >= 4 is 0 Å². The maximum absolute atomic E-state index is 5.35. The van der Waals surface area contributed by atoms with Crippen molar-refractivity contribution in [2.24, 2.45) is 5.92 Å². The lowest BCUT2D eigenvalue weighted by molar-refractivity contribution is 0.176. The van der Waals surface area contributed by atoms with Gasteiger partial charge in [-0.05, 0) is 25.3 Å². The molecule has 1 aliphatic heterocycles. The number of nitrogens with one attached hydrogen (secondary N) is 1. The second kappa shape index (κ2) is 4.73. The Morgan fingerprint density at radius 3 is 2.82 bits per heavy atom. The summed E-state index contributed by atoms with van der Waals surface area (Å²) in [7, 11) is 0. The lowest BCUT2D eigenvalue weighted by atomic mass is 9.97. The Morgan fingerprint density at radius 1 is 1.55 bits per heavy atom. The van der Waals surface area contributed by atoms with Crippen molar-refractivity contribution in [1.29, 1.82) is 0 Å². The zero-order valence-electron chi connectivity index (χ0n) is 7.60. The Bertz CT molecular complexity index is 99.7. The van der Waals surface area contributed by atoms with Gasteiger partial charge in [0.25, 0.3) is 0 Å². The number of ether oxygens (including phenoxy) is 1. The first-order valence-electron chi connectivity index (χ1n) is 4.69. The maximum Gasteiger partial charge on any atom is 0.0509 e. The fourth-order valence-electron chi connectivity index (χ4n) is 1.78. The van der Waals surface area contributed by atoms with E-state index in [1.165, 1.54) is 12.8 Å². The van der Waals surface area contributed by atoms with E-state index in [1.807, 2.05) is 0 Å². The fraction of sp³-hybridized carbons (Fsp3) is 1.00. The summed E-state index contributed by atoms with van der Waals surface area (Å²) in [5, 5.41) is 3.49. The fourth-order valence-corrected chi connectivity index (χ4v) is 1.78. The van der Waals surface area contributed by atoms with E-state index in [4.69, 9.17) is 4.74 Å². The van der Waals surface area contributed by atoms with E-state index in [9.17, 15) is 0 Å². The van der Waals surface area contributed by atoms with Crippen molar-refractivity contribution in [2.45, 2.75) is 32.7 Å². The van der Waals surface area contributed by atoms with Gasteiger partial charge in [0.1, 0.15) is 0 Å². The molecule has 0 saturated carbocycles. The van der Waals surface area contributed by atoms with Gasteiger partial charge in [-0.25, -0.2) is 0 Å². The molecular formula is C9H19NO. The molecule has 1 rings (SSSR count). The Labute approximate surface area is 69.3 Å². The zero-order chi connectivity index (χ0) is 8.10. The lowest BCUT2D eigenvalue weighted by Gasteiger charge is -2.21. The summed E-state index contributed by atoms with van der Waals surface area (Å²) < 4.78 is 5.35. The Balaban J connectivity index is 2.27. The average Bonchev–Trinajstić information content (AvgIpc) is 2.52. The van der Waals surface area contributed by atoms with Crippen LogP contribution in [0.25, 0.3) is 0 Å².